The van der Waals surface area contributed by atoms with Gasteiger partial charge in [0.2, 0.25) is 0 Å². The maximum atomic E-state index is 4.02. The van der Waals surface area contributed by atoms with Crippen molar-refractivity contribution in [3.63, 3.8) is 0 Å². The van der Waals surface area contributed by atoms with E-state index in [1.165, 1.54) is 10.5 Å². The van der Waals surface area contributed by atoms with E-state index in [0.717, 1.165) is 23.3 Å². The van der Waals surface area contributed by atoms with Gasteiger partial charge in [0.05, 0.1) is 6.20 Å². The van der Waals surface area contributed by atoms with E-state index < -0.39 is 0 Å². The van der Waals surface area contributed by atoms with E-state index in [9.17, 15) is 0 Å². The van der Waals surface area contributed by atoms with Crippen molar-refractivity contribution in [2.45, 2.75) is 30.5 Å². The summed E-state index contributed by atoms with van der Waals surface area (Å²) in [7, 11) is 0. The highest BCUT2D eigenvalue weighted by Gasteiger charge is 2.05. The molecule has 19 heavy (non-hydrogen) atoms. The maximum absolute atomic E-state index is 4.02. The van der Waals surface area contributed by atoms with Crippen LogP contribution < -0.4 is 5.32 Å². The summed E-state index contributed by atoms with van der Waals surface area (Å²) in [5.74, 6) is 0. The SMILES string of the molecule is Cc1[nH]ncc1CNCC(C)Sc1ccc(Br)cc1. The van der Waals surface area contributed by atoms with Crippen LogP contribution in [0.15, 0.2) is 39.8 Å². The van der Waals surface area contributed by atoms with Crippen LogP contribution in [0.4, 0.5) is 0 Å². The predicted octanol–water partition coefficient (Wildman–Crippen LogP) is 3.75. The van der Waals surface area contributed by atoms with Crippen LogP contribution in [0, 0.1) is 6.92 Å². The van der Waals surface area contributed by atoms with Crippen LogP contribution in [-0.2, 0) is 6.54 Å². The highest BCUT2D eigenvalue weighted by Crippen LogP contribution is 2.24. The fourth-order valence-corrected chi connectivity index (χ4v) is 2.97. The molecular formula is C14H18BrN3S. The largest absolute Gasteiger partial charge is 0.311 e. The van der Waals surface area contributed by atoms with Gasteiger partial charge in [0.25, 0.3) is 0 Å². The minimum absolute atomic E-state index is 0.536. The number of thioether (sulfide) groups is 1. The Hall–Kier alpha value is -0.780. The Balaban J connectivity index is 1.74. The van der Waals surface area contributed by atoms with Crippen molar-refractivity contribution >= 4 is 27.7 Å². The minimum Gasteiger partial charge on any atom is -0.311 e. The topological polar surface area (TPSA) is 40.7 Å². The lowest BCUT2D eigenvalue weighted by molar-refractivity contribution is 0.682. The monoisotopic (exact) mass is 339 g/mol. The lowest BCUT2D eigenvalue weighted by Gasteiger charge is -2.12. The zero-order valence-electron chi connectivity index (χ0n) is 11.1. The minimum atomic E-state index is 0.536. The second-order valence-corrected chi connectivity index (χ2v) is 6.96. The molecule has 2 aromatic rings. The van der Waals surface area contributed by atoms with Crippen molar-refractivity contribution in [1.29, 1.82) is 0 Å². The van der Waals surface area contributed by atoms with E-state index in [4.69, 9.17) is 0 Å². The molecule has 1 unspecified atom stereocenters. The molecule has 0 aliphatic rings. The van der Waals surface area contributed by atoms with Gasteiger partial charge in [-0.1, -0.05) is 22.9 Å². The smallest absolute Gasteiger partial charge is 0.0535 e. The Morgan fingerprint density at radius 1 is 1.37 bits per heavy atom. The molecule has 0 fully saturated rings. The standard InChI is InChI=1S/C14H18BrN3S/c1-10(19-14-5-3-13(15)4-6-14)7-16-8-12-9-17-18-11(12)2/h3-6,9-10,16H,7-8H2,1-2H3,(H,17,18). The fourth-order valence-electron chi connectivity index (χ4n) is 1.75. The summed E-state index contributed by atoms with van der Waals surface area (Å²) in [5.41, 5.74) is 2.38. The molecule has 1 aromatic heterocycles. The van der Waals surface area contributed by atoms with Gasteiger partial charge in [0.15, 0.2) is 0 Å². The van der Waals surface area contributed by atoms with Crippen molar-refractivity contribution < 1.29 is 0 Å². The fraction of sp³-hybridized carbons (Fsp3) is 0.357. The molecule has 0 saturated carbocycles. The van der Waals surface area contributed by atoms with Gasteiger partial charge in [-0.15, -0.1) is 11.8 Å². The molecule has 3 nitrogen and oxygen atoms in total. The first-order chi connectivity index (χ1) is 9.15. The predicted molar refractivity (Wildman–Crippen MR) is 84.5 cm³/mol. The number of nitrogens with one attached hydrogen (secondary N) is 2. The number of aromatic amines is 1. The van der Waals surface area contributed by atoms with Crippen molar-refractivity contribution in [2.75, 3.05) is 6.54 Å². The van der Waals surface area contributed by atoms with Crippen molar-refractivity contribution in [1.82, 2.24) is 15.5 Å². The Labute approximate surface area is 126 Å². The van der Waals surface area contributed by atoms with Gasteiger partial charge in [-0.3, -0.25) is 5.10 Å². The van der Waals surface area contributed by atoms with Gasteiger partial charge in [-0.05, 0) is 31.2 Å². The van der Waals surface area contributed by atoms with E-state index in [1.807, 2.05) is 24.9 Å². The average Bonchev–Trinajstić information content (AvgIpc) is 2.78. The first-order valence-corrected chi connectivity index (χ1v) is 7.94. The Kier molecular flexibility index (Phi) is 5.48. The number of H-pyrrole nitrogens is 1. The van der Waals surface area contributed by atoms with Crippen LogP contribution in [0.5, 0.6) is 0 Å². The second-order valence-electron chi connectivity index (χ2n) is 4.53. The zero-order valence-corrected chi connectivity index (χ0v) is 13.5. The maximum Gasteiger partial charge on any atom is 0.0535 e. The van der Waals surface area contributed by atoms with Crippen LogP contribution in [0.2, 0.25) is 0 Å². The summed E-state index contributed by atoms with van der Waals surface area (Å²) < 4.78 is 1.12. The third kappa shape index (κ3) is 4.67. The molecule has 0 aliphatic heterocycles. The van der Waals surface area contributed by atoms with Crippen LogP contribution in [-0.4, -0.2) is 22.0 Å². The molecule has 102 valence electrons. The third-order valence-corrected chi connectivity index (χ3v) is 4.47. The third-order valence-electron chi connectivity index (χ3n) is 2.83. The van der Waals surface area contributed by atoms with Crippen molar-refractivity contribution in [3.8, 4) is 0 Å². The Bertz CT molecular complexity index is 510. The molecule has 1 heterocycles. The number of benzene rings is 1. The summed E-state index contributed by atoms with van der Waals surface area (Å²) in [5, 5.41) is 11.0. The summed E-state index contributed by atoms with van der Waals surface area (Å²) in [6, 6.07) is 8.45. The van der Waals surface area contributed by atoms with Crippen LogP contribution >= 0.6 is 27.7 Å². The molecule has 0 radical (unpaired) electrons. The van der Waals surface area contributed by atoms with Crippen molar-refractivity contribution in [3.05, 3.63) is 46.2 Å². The number of aromatic nitrogens is 2. The molecule has 0 spiro atoms. The number of rotatable bonds is 6. The lowest BCUT2D eigenvalue weighted by atomic mass is 10.2. The number of hydrogen-bond donors (Lipinski definition) is 2. The molecule has 1 atom stereocenters. The van der Waals surface area contributed by atoms with Gasteiger partial charge in [0.1, 0.15) is 0 Å². The molecule has 0 aliphatic carbocycles. The van der Waals surface area contributed by atoms with Gasteiger partial charge < -0.3 is 5.32 Å². The quantitative estimate of drug-likeness (QED) is 0.787. The van der Waals surface area contributed by atoms with Gasteiger partial charge >= 0.3 is 0 Å². The average molecular weight is 340 g/mol. The van der Waals surface area contributed by atoms with E-state index in [1.54, 1.807) is 0 Å². The number of halogens is 1. The highest BCUT2D eigenvalue weighted by molar-refractivity contribution is 9.10. The van der Waals surface area contributed by atoms with Gasteiger partial charge in [0, 0.05) is 39.0 Å². The van der Waals surface area contributed by atoms with Gasteiger partial charge in [-0.2, -0.15) is 5.10 Å². The number of aryl methyl sites for hydroxylation is 1. The highest BCUT2D eigenvalue weighted by atomic mass is 79.9. The lowest BCUT2D eigenvalue weighted by Crippen LogP contribution is -2.22. The van der Waals surface area contributed by atoms with Crippen LogP contribution in [0.1, 0.15) is 18.2 Å². The van der Waals surface area contributed by atoms with E-state index in [0.29, 0.717) is 5.25 Å². The molecule has 0 bridgehead atoms. The van der Waals surface area contributed by atoms with Crippen LogP contribution in [0.3, 0.4) is 0 Å². The summed E-state index contributed by atoms with van der Waals surface area (Å²) in [6.07, 6.45) is 1.88. The molecule has 2 N–H and O–H groups in total. The first-order valence-electron chi connectivity index (χ1n) is 6.27. The van der Waals surface area contributed by atoms with E-state index in [2.05, 4.69) is 62.6 Å². The van der Waals surface area contributed by atoms with E-state index >= 15 is 0 Å². The molecule has 2 rings (SSSR count). The number of hydrogen-bond acceptors (Lipinski definition) is 3. The van der Waals surface area contributed by atoms with Crippen molar-refractivity contribution in [2.24, 2.45) is 0 Å². The molecular weight excluding hydrogens is 322 g/mol. The van der Waals surface area contributed by atoms with E-state index in [-0.39, 0.29) is 0 Å². The first kappa shape index (κ1) is 14.6. The summed E-state index contributed by atoms with van der Waals surface area (Å²) in [4.78, 5) is 1.30. The Morgan fingerprint density at radius 2 is 2.11 bits per heavy atom. The molecule has 0 saturated heterocycles. The number of nitrogens with zero attached hydrogens (tertiary/aromatic N) is 1. The van der Waals surface area contributed by atoms with Gasteiger partial charge in [-0.25, -0.2) is 0 Å². The summed E-state index contributed by atoms with van der Waals surface area (Å²) >= 11 is 5.34. The molecule has 5 heteroatoms. The second kappa shape index (κ2) is 7.12. The zero-order chi connectivity index (χ0) is 13.7. The molecule has 1 aromatic carbocycles. The van der Waals surface area contributed by atoms with Crippen LogP contribution in [0.25, 0.3) is 0 Å². The summed E-state index contributed by atoms with van der Waals surface area (Å²) in [6.45, 7) is 6.13. The molecule has 0 amide bonds. The normalized spacial score (nSPS) is 12.6. The Morgan fingerprint density at radius 3 is 2.74 bits per heavy atom.